The Balaban J connectivity index is 1.43. The lowest BCUT2D eigenvalue weighted by molar-refractivity contribution is -0.138. The average molecular weight is 373 g/mol. The molecule has 1 aliphatic heterocycles. The minimum atomic E-state index is -0.189. The number of carbonyl (C=O) groups is 1. The third-order valence-corrected chi connectivity index (χ3v) is 4.91. The molecular formula is C23H23N3O2. The molecule has 142 valence electrons. The van der Waals surface area contributed by atoms with Crippen LogP contribution in [0.3, 0.4) is 0 Å². The number of pyridine rings is 2. The first-order valence-corrected chi connectivity index (χ1v) is 9.56. The van der Waals surface area contributed by atoms with Crippen molar-refractivity contribution in [1.82, 2.24) is 14.9 Å². The van der Waals surface area contributed by atoms with Gasteiger partial charge in [-0.15, -0.1) is 0 Å². The standard InChI is InChI=1S/C23H23N3O2/c27-23(16-19-9-11-24-12-10-19)26-13-14-28-22(17-26)21-8-4-7-20(25-21)15-18-5-2-1-3-6-18/h1-12,22H,13-17H2/t22-/m0/s1. The van der Waals surface area contributed by atoms with E-state index in [4.69, 9.17) is 9.72 Å². The summed E-state index contributed by atoms with van der Waals surface area (Å²) < 4.78 is 5.93. The summed E-state index contributed by atoms with van der Waals surface area (Å²) in [6, 6.07) is 20.1. The van der Waals surface area contributed by atoms with Gasteiger partial charge in [-0.1, -0.05) is 36.4 Å². The molecule has 0 saturated carbocycles. The van der Waals surface area contributed by atoms with Gasteiger partial charge in [0.1, 0.15) is 6.10 Å². The first-order chi connectivity index (χ1) is 13.8. The SMILES string of the molecule is O=C(Cc1ccncc1)N1CCO[C@H](c2cccc(Cc3ccccc3)n2)C1. The molecule has 1 aromatic carbocycles. The summed E-state index contributed by atoms with van der Waals surface area (Å²) in [6.07, 6.45) is 4.41. The molecule has 28 heavy (non-hydrogen) atoms. The Morgan fingerprint density at radius 2 is 1.82 bits per heavy atom. The van der Waals surface area contributed by atoms with Crippen LogP contribution in [0.25, 0.3) is 0 Å². The third kappa shape index (κ3) is 4.61. The highest BCUT2D eigenvalue weighted by molar-refractivity contribution is 5.78. The molecule has 1 aliphatic rings. The summed E-state index contributed by atoms with van der Waals surface area (Å²) in [5, 5.41) is 0. The molecule has 1 amide bonds. The van der Waals surface area contributed by atoms with Crippen molar-refractivity contribution in [3.8, 4) is 0 Å². The summed E-state index contributed by atoms with van der Waals surface area (Å²) in [5.41, 5.74) is 4.10. The molecule has 0 aliphatic carbocycles. The van der Waals surface area contributed by atoms with Gasteiger partial charge in [0.25, 0.3) is 0 Å². The Labute approximate surface area is 165 Å². The summed E-state index contributed by atoms with van der Waals surface area (Å²) in [6.45, 7) is 1.67. The van der Waals surface area contributed by atoms with Crippen LogP contribution in [0.15, 0.2) is 73.1 Å². The number of amides is 1. The van der Waals surface area contributed by atoms with Crippen LogP contribution in [-0.4, -0.2) is 40.5 Å². The number of morpholine rings is 1. The zero-order valence-corrected chi connectivity index (χ0v) is 15.7. The summed E-state index contributed by atoms with van der Waals surface area (Å²) in [4.78, 5) is 23.4. The molecule has 3 aromatic rings. The van der Waals surface area contributed by atoms with Crippen LogP contribution in [0.2, 0.25) is 0 Å². The highest BCUT2D eigenvalue weighted by Gasteiger charge is 2.26. The smallest absolute Gasteiger partial charge is 0.227 e. The van der Waals surface area contributed by atoms with Crippen LogP contribution < -0.4 is 0 Å². The van der Waals surface area contributed by atoms with Crippen LogP contribution in [0.5, 0.6) is 0 Å². The number of rotatable bonds is 5. The Morgan fingerprint density at radius 1 is 1.00 bits per heavy atom. The Hall–Kier alpha value is -3.05. The van der Waals surface area contributed by atoms with Gasteiger partial charge in [0.15, 0.2) is 0 Å². The van der Waals surface area contributed by atoms with Gasteiger partial charge < -0.3 is 9.64 Å². The monoisotopic (exact) mass is 373 g/mol. The second-order valence-corrected chi connectivity index (χ2v) is 6.95. The summed E-state index contributed by atoms with van der Waals surface area (Å²) in [5.74, 6) is 0.111. The summed E-state index contributed by atoms with van der Waals surface area (Å²) in [7, 11) is 0. The maximum atomic E-state index is 12.7. The van der Waals surface area contributed by atoms with E-state index in [1.165, 1.54) is 5.56 Å². The number of carbonyl (C=O) groups excluding carboxylic acids is 1. The van der Waals surface area contributed by atoms with Crippen LogP contribution in [-0.2, 0) is 22.4 Å². The van der Waals surface area contributed by atoms with Crippen molar-refractivity contribution in [2.45, 2.75) is 18.9 Å². The van der Waals surface area contributed by atoms with E-state index in [0.717, 1.165) is 23.4 Å². The van der Waals surface area contributed by atoms with Gasteiger partial charge in [-0.25, -0.2) is 0 Å². The molecular weight excluding hydrogens is 350 g/mol. The van der Waals surface area contributed by atoms with Gasteiger partial charge in [-0.2, -0.15) is 0 Å². The predicted molar refractivity (Wildman–Crippen MR) is 107 cm³/mol. The normalized spacial score (nSPS) is 16.7. The fraction of sp³-hybridized carbons (Fsp3) is 0.261. The number of nitrogens with zero attached hydrogens (tertiary/aromatic N) is 3. The highest BCUT2D eigenvalue weighted by atomic mass is 16.5. The lowest BCUT2D eigenvalue weighted by Crippen LogP contribution is -2.43. The second-order valence-electron chi connectivity index (χ2n) is 6.95. The molecule has 0 N–H and O–H groups in total. The number of aromatic nitrogens is 2. The molecule has 0 unspecified atom stereocenters. The van der Waals surface area contributed by atoms with Crippen molar-refractivity contribution in [1.29, 1.82) is 0 Å². The first-order valence-electron chi connectivity index (χ1n) is 9.56. The molecule has 2 aromatic heterocycles. The number of benzene rings is 1. The third-order valence-electron chi connectivity index (χ3n) is 4.91. The van der Waals surface area contributed by atoms with Crippen LogP contribution in [0.4, 0.5) is 0 Å². The number of hydrogen-bond acceptors (Lipinski definition) is 4. The molecule has 3 heterocycles. The first kappa shape index (κ1) is 18.3. The van der Waals surface area contributed by atoms with Gasteiger partial charge in [0.2, 0.25) is 5.91 Å². The molecule has 1 fully saturated rings. The topological polar surface area (TPSA) is 55.3 Å². The Bertz CT molecular complexity index is 915. The maximum Gasteiger partial charge on any atom is 0.227 e. The van der Waals surface area contributed by atoms with E-state index < -0.39 is 0 Å². The molecule has 4 rings (SSSR count). The summed E-state index contributed by atoms with van der Waals surface area (Å²) >= 11 is 0. The van der Waals surface area contributed by atoms with E-state index in [9.17, 15) is 4.79 Å². The highest BCUT2D eigenvalue weighted by Crippen LogP contribution is 2.22. The van der Waals surface area contributed by atoms with E-state index in [1.807, 2.05) is 53.4 Å². The fourth-order valence-corrected chi connectivity index (χ4v) is 3.42. The fourth-order valence-electron chi connectivity index (χ4n) is 3.42. The van der Waals surface area contributed by atoms with Gasteiger partial charge in [0.05, 0.1) is 25.3 Å². The molecule has 0 spiro atoms. The molecule has 5 heteroatoms. The van der Waals surface area contributed by atoms with Crippen molar-refractivity contribution in [3.05, 3.63) is 95.6 Å². The lowest BCUT2D eigenvalue weighted by Gasteiger charge is -2.33. The number of ether oxygens (including phenoxy) is 1. The molecule has 1 atom stereocenters. The maximum absolute atomic E-state index is 12.7. The second kappa shape index (κ2) is 8.76. The van der Waals surface area contributed by atoms with Crippen LogP contribution in [0, 0.1) is 0 Å². The molecule has 5 nitrogen and oxygen atoms in total. The zero-order chi connectivity index (χ0) is 19.2. The Kier molecular flexibility index (Phi) is 5.73. The van der Waals surface area contributed by atoms with E-state index in [0.29, 0.717) is 26.1 Å². The lowest BCUT2D eigenvalue weighted by atomic mass is 10.1. The minimum Gasteiger partial charge on any atom is -0.368 e. The molecule has 1 saturated heterocycles. The van der Waals surface area contributed by atoms with Gasteiger partial charge in [-0.3, -0.25) is 14.8 Å². The zero-order valence-electron chi connectivity index (χ0n) is 15.7. The van der Waals surface area contributed by atoms with Crippen molar-refractivity contribution in [2.75, 3.05) is 19.7 Å². The Morgan fingerprint density at radius 3 is 2.64 bits per heavy atom. The number of hydrogen-bond donors (Lipinski definition) is 0. The van der Waals surface area contributed by atoms with Crippen LogP contribution in [0.1, 0.15) is 28.6 Å². The van der Waals surface area contributed by atoms with Crippen molar-refractivity contribution in [2.24, 2.45) is 0 Å². The van der Waals surface area contributed by atoms with E-state index >= 15 is 0 Å². The van der Waals surface area contributed by atoms with E-state index in [-0.39, 0.29) is 12.0 Å². The van der Waals surface area contributed by atoms with Crippen LogP contribution >= 0.6 is 0 Å². The molecule has 0 radical (unpaired) electrons. The van der Waals surface area contributed by atoms with Gasteiger partial charge in [-0.05, 0) is 35.4 Å². The van der Waals surface area contributed by atoms with Gasteiger partial charge in [0, 0.05) is 31.1 Å². The van der Waals surface area contributed by atoms with E-state index in [1.54, 1.807) is 12.4 Å². The largest absolute Gasteiger partial charge is 0.368 e. The predicted octanol–water partition coefficient (Wildman–Crippen LogP) is 3.21. The van der Waals surface area contributed by atoms with Crippen molar-refractivity contribution >= 4 is 5.91 Å². The van der Waals surface area contributed by atoms with Gasteiger partial charge >= 0.3 is 0 Å². The molecule has 0 bridgehead atoms. The van der Waals surface area contributed by atoms with Crippen molar-refractivity contribution in [3.63, 3.8) is 0 Å². The van der Waals surface area contributed by atoms with Crippen molar-refractivity contribution < 1.29 is 9.53 Å². The average Bonchev–Trinajstić information content (AvgIpc) is 2.75. The van der Waals surface area contributed by atoms with E-state index in [2.05, 4.69) is 17.1 Å². The quantitative estimate of drug-likeness (QED) is 0.689. The minimum absolute atomic E-state index is 0.111.